The van der Waals surface area contributed by atoms with Crippen molar-refractivity contribution in [3.63, 3.8) is 0 Å². The fourth-order valence-electron chi connectivity index (χ4n) is 2.85. The SMILES string of the molecule is CCNC(c1ccc(Br)o1)C1CCCC1C. The lowest BCUT2D eigenvalue weighted by Crippen LogP contribution is -2.29. The quantitative estimate of drug-likeness (QED) is 0.900. The highest BCUT2D eigenvalue weighted by Gasteiger charge is 2.32. The zero-order valence-electron chi connectivity index (χ0n) is 10.0. The highest BCUT2D eigenvalue weighted by molar-refractivity contribution is 9.10. The predicted molar refractivity (Wildman–Crippen MR) is 69.3 cm³/mol. The van der Waals surface area contributed by atoms with Crippen LogP contribution in [0.2, 0.25) is 0 Å². The lowest BCUT2D eigenvalue weighted by atomic mass is 9.89. The summed E-state index contributed by atoms with van der Waals surface area (Å²) in [5, 5.41) is 3.57. The van der Waals surface area contributed by atoms with E-state index in [2.05, 4.69) is 41.2 Å². The molecule has 1 aliphatic rings. The second-order valence-corrected chi connectivity index (χ2v) is 5.53. The van der Waals surface area contributed by atoms with Crippen LogP contribution in [0.5, 0.6) is 0 Å². The molecule has 1 saturated carbocycles. The van der Waals surface area contributed by atoms with Crippen molar-refractivity contribution in [3.8, 4) is 0 Å². The van der Waals surface area contributed by atoms with E-state index in [4.69, 9.17) is 4.42 Å². The van der Waals surface area contributed by atoms with Crippen molar-refractivity contribution in [1.29, 1.82) is 0 Å². The van der Waals surface area contributed by atoms with Gasteiger partial charge in [-0.1, -0.05) is 26.7 Å². The molecule has 16 heavy (non-hydrogen) atoms. The van der Waals surface area contributed by atoms with Crippen LogP contribution in [0.25, 0.3) is 0 Å². The van der Waals surface area contributed by atoms with Crippen molar-refractivity contribution in [3.05, 3.63) is 22.6 Å². The molecule has 0 saturated heterocycles. The highest BCUT2D eigenvalue weighted by atomic mass is 79.9. The first-order valence-corrected chi connectivity index (χ1v) is 7.00. The van der Waals surface area contributed by atoms with Crippen molar-refractivity contribution in [1.82, 2.24) is 5.32 Å². The van der Waals surface area contributed by atoms with E-state index in [0.717, 1.165) is 28.8 Å². The standard InChI is InChI=1S/C13H20BrNO/c1-3-15-13(10-6-4-5-9(10)2)11-7-8-12(14)16-11/h7-10,13,15H,3-6H2,1-2H3. The Labute approximate surface area is 106 Å². The first-order chi connectivity index (χ1) is 7.72. The maximum Gasteiger partial charge on any atom is 0.169 e. The van der Waals surface area contributed by atoms with Gasteiger partial charge in [0.05, 0.1) is 6.04 Å². The summed E-state index contributed by atoms with van der Waals surface area (Å²) in [6.07, 6.45) is 4.03. The van der Waals surface area contributed by atoms with Crippen molar-refractivity contribution in [2.45, 2.75) is 39.2 Å². The van der Waals surface area contributed by atoms with E-state index in [1.165, 1.54) is 19.3 Å². The molecule has 90 valence electrons. The summed E-state index contributed by atoms with van der Waals surface area (Å²) in [5.41, 5.74) is 0. The summed E-state index contributed by atoms with van der Waals surface area (Å²) in [6, 6.07) is 4.45. The van der Waals surface area contributed by atoms with E-state index in [1.807, 2.05) is 6.07 Å². The number of halogens is 1. The summed E-state index contributed by atoms with van der Waals surface area (Å²) in [4.78, 5) is 0. The molecule has 3 unspecified atom stereocenters. The fraction of sp³-hybridized carbons (Fsp3) is 0.692. The third-order valence-corrected chi connectivity index (χ3v) is 4.11. The summed E-state index contributed by atoms with van der Waals surface area (Å²) in [7, 11) is 0. The molecule has 1 N–H and O–H groups in total. The Bertz CT molecular complexity index is 336. The minimum absolute atomic E-state index is 0.383. The van der Waals surface area contributed by atoms with Crippen molar-refractivity contribution >= 4 is 15.9 Å². The molecule has 0 radical (unpaired) electrons. The van der Waals surface area contributed by atoms with Gasteiger partial charge in [0.1, 0.15) is 5.76 Å². The minimum atomic E-state index is 0.383. The van der Waals surface area contributed by atoms with Gasteiger partial charge in [-0.2, -0.15) is 0 Å². The Balaban J connectivity index is 2.16. The van der Waals surface area contributed by atoms with Gasteiger partial charge in [0.15, 0.2) is 4.67 Å². The number of furan rings is 1. The zero-order chi connectivity index (χ0) is 11.5. The first kappa shape index (κ1) is 12.2. The van der Waals surface area contributed by atoms with E-state index in [1.54, 1.807) is 0 Å². The Morgan fingerprint density at radius 3 is 2.81 bits per heavy atom. The highest BCUT2D eigenvalue weighted by Crippen LogP contribution is 2.40. The average molecular weight is 286 g/mol. The predicted octanol–water partition coefficient (Wildman–Crippen LogP) is 4.13. The number of hydrogen-bond acceptors (Lipinski definition) is 2. The Morgan fingerprint density at radius 2 is 2.31 bits per heavy atom. The molecule has 3 heteroatoms. The van der Waals surface area contributed by atoms with E-state index < -0.39 is 0 Å². The molecule has 1 aromatic rings. The van der Waals surface area contributed by atoms with Gasteiger partial charge in [-0.25, -0.2) is 0 Å². The molecule has 0 aromatic carbocycles. The fourth-order valence-corrected chi connectivity index (χ4v) is 3.17. The normalized spacial score (nSPS) is 27.2. The first-order valence-electron chi connectivity index (χ1n) is 6.21. The van der Waals surface area contributed by atoms with Crippen LogP contribution < -0.4 is 5.32 Å². The Kier molecular flexibility index (Phi) is 4.09. The maximum atomic E-state index is 5.71. The van der Waals surface area contributed by atoms with Crippen molar-refractivity contribution in [2.24, 2.45) is 11.8 Å². The third-order valence-electron chi connectivity index (χ3n) is 3.68. The van der Waals surface area contributed by atoms with E-state index in [-0.39, 0.29) is 0 Å². The molecule has 1 aromatic heterocycles. The Hall–Kier alpha value is -0.280. The lowest BCUT2D eigenvalue weighted by molar-refractivity contribution is 0.266. The monoisotopic (exact) mass is 285 g/mol. The van der Waals surface area contributed by atoms with Gasteiger partial charge >= 0.3 is 0 Å². The summed E-state index contributed by atoms with van der Waals surface area (Å²) in [6.45, 7) is 5.51. The van der Waals surface area contributed by atoms with Crippen LogP contribution >= 0.6 is 15.9 Å². The molecule has 2 nitrogen and oxygen atoms in total. The summed E-state index contributed by atoms with van der Waals surface area (Å²) < 4.78 is 6.54. The molecule has 1 heterocycles. The molecule has 0 aliphatic heterocycles. The van der Waals surface area contributed by atoms with Crippen molar-refractivity contribution in [2.75, 3.05) is 6.54 Å². The van der Waals surface area contributed by atoms with Crippen LogP contribution in [-0.2, 0) is 0 Å². The number of hydrogen-bond donors (Lipinski definition) is 1. The molecule has 0 bridgehead atoms. The topological polar surface area (TPSA) is 25.2 Å². The van der Waals surface area contributed by atoms with E-state index >= 15 is 0 Å². The molecule has 0 spiro atoms. The van der Waals surface area contributed by atoms with E-state index in [9.17, 15) is 0 Å². The van der Waals surface area contributed by atoms with Crippen LogP contribution in [0.4, 0.5) is 0 Å². The number of rotatable bonds is 4. The van der Waals surface area contributed by atoms with Gasteiger partial charge in [-0.15, -0.1) is 0 Å². The van der Waals surface area contributed by atoms with Crippen LogP contribution in [0.1, 0.15) is 44.9 Å². The van der Waals surface area contributed by atoms with E-state index in [0.29, 0.717) is 6.04 Å². The lowest BCUT2D eigenvalue weighted by Gasteiger charge is -2.25. The van der Waals surface area contributed by atoms with Gasteiger partial charge < -0.3 is 9.73 Å². The van der Waals surface area contributed by atoms with Gasteiger partial charge in [0.25, 0.3) is 0 Å². The molecular formula is C13H20BrNO. The van der Waals surface area contributed by atoms with Crippen LogP contribution in [0, 0.1) is 11.8 Å². The largest absolute Gasteiger partial charge is 0.453 e. The molecule has 3 atom stereocenters. The minimum Gasteiger partial charge on any atom is -0.453 e. The van der Waals surface area contributed by atoms with Gasteiger partial charge in [0.2, 0.25) is 0 Å². The summed E-state index contributed by atoms with van der Waals surface area (Å²) in [5.74, 6) is 2.60. The molecule has 1 fully saturated rings. The molecule has 2 rings (SSSR count). The third kappa shape index (κ3) is 2.51. The molecule has 0 amide bonds. The van der Waals surface area contributed by atoms with Gasteiger partial charge in [-0.05, 0) is 52.9 Å². The second-order valence-electron chi connectivity index (χ2n) is 4.75. The van der Waals surface area contributed by atoms with Crippen molar-refractivity contribution < 1.29 is 4.42 Å². The average Bonchev–Trinajstić information content (AvgIpc) is 2.84. The van der Waals surface area contributed by atoms with Gasteiger partial charge in [0, 0.05) is 0 Å². The zero-order valence-corrected chi connectivity index (χ0v) is 11.6. The van der Waals surface area contributed by atoms with Crippen LogP contribution in [0.15, 0.2) is 21.2 Å². The number of nitrogens with one attached hydrogen (secondary N) is 1. The second kappa shape index (κ2) is 5.37. The molecular weight excluding hydrogens is 266 g/mol. The van der Waals surface area contributed by atoms with Gasteiger partial charge in [-0.3, -0.25) is 0 Å². The summed E-state index contributed by atoms with van der Waals surface area (Å²) >= 11 is 3.38. The maximum absolute atomic E-state index is 5.71. The Morgan fingerprint density at radius 1 is 1.50 bits per heavy atom. The molecule has 1 aliphatic carbocycles. The van der Waals surface area contributed by atoms with Crippen LogP contribution in [0.3, 0.4) is 0 Å². The smallest absolute Gasteiger partial charge is 0.169 e. The van der Waals surface area contributed by atoms with Crippen LogP contribution in [-0.4, -0.2) is 6.54 Å².